The maximum atomic E-state index is 5.84. The van der Waals surface area contributed by atoms with Gasteiger partial charge in [0.05, 0.1) is 13.2 Å². The van der Waals surface area contributed by atoms with Crippen molar-refractivity contribution < 1.29 is 4.74 Å². The predicted octanol–water partition coefficient (Wildman–Crippen LogP) is 6.34. The van der Waals surface area contributed by atoms with E-state index in [4.69, 9.17) is 26.9 Å². The van der Waals surface area contributed by atoms with Crippen molar-refractivity contribution in [2.24, 2.45) is 0 Å². The van der Waals surface area contributed by atoms with Gasteiger partial charge in [0, 0.05) is 11.3 Å². The van der Waals surface area contributed by atoms with E-state index < -0.39 is 0 Å². The number of benzene rings is 2. The third kappa shape index (κ3) is 4.19. The molecule has 0 aliphatic rings. The average molecular weight is 474 g/mol. The Hall–Kier alpha value is -3.36. The molecule has 0 radical (unpaired) electrons. The zero-order valence-electron chi connectivity index (χ0n) is 18.6. The summed E-state index contributed by atoms with van der Waals surface area (Å²) in [6.45, 7) is 7.21. The van der Waals surface area contributed by atoms with Gasteiger partial charge in [-0.3, -0.25) is 8.94 Å². The Morgan fingerprint density at radius 2 is 1.76 bits per heavy atom. The van der Waals surface area contributed by atoms with Gasteiger partial charge in [0.1, 0.15) is 11.3 Å². The minimum absolute atomic E-state index is 0.552. The van der Waals surface area contributed by atoms with E-state index in [9.17, 15) is 0 Å². The van der Waals surface area contributed by atoms with Gasteiger partial charge in [-0.25, -0.2) is 9.97 Å². The van der Waals surface area contributed by atoms with Gasteiger partial charge in [-0.1, -0.05) is 48.5 Å². The molecule has 0 saturated carbocycles. The molecule has 1 N–H and O–H groups in total. The minimum atomic E-state index is 0.552. The summed E-state index contributed by atoms with van der Waals surface area (Å²) in [5.41, 5.74) is 8.21. The Labute approximate surface area is 201 Å². The van der Waals surface area contributed by atoms with Crippen LogP contribution in [0.4, 0.5) is 0 Å². The highest BCUT2D eigenvalue weighted by Gasteiger charge is 2.16. The van der Waals surface area contributed by atoms with Crippen molar-refractivity contribution in [1.82, 2.24) is 23.9 Å². The van der Waals surface area contributed by atoms with Crippen LogP contribution >= 0.6 is 23.8 Å². The Kier molecular flexibility index (Phi) is 5.78. The number of aromatic amines is 1. The van der Waals surface area contributed by atoms with Gasteiger partial charge in [-0.05, 0) is 72.8 Å². The average Bonchev–Trinajstić information content (AvgIpc) is 3.39. The van der Waals surface area contributed by atoms with Crippen LogP contribution in [0.25, 0.3) is 33.7 Å². The first-order chi connectivity index (χ1) is 16.0. The summed E-state index contributed by atoms with van der Waals surface area (Å²) in [5, 5.41) is 0. The molecular formula is C25H23N5OS2. The van der Waals surface area contributed by atoms with Crippen molar-refractivity contribution in [3.05, 3.63) is 75.4 Å². The monoisotopic (exact) mass is 473 g/mol. The fourth-order valence-electron chi connectivity index (χ4n) is 4.02. The van der Waals surface area contributed by atoms with Gasteiger partial charge >= 0.3 is 0 Å². The standard InChI is InChI=1S/C25H23N5OS2/c1-4-31-24-27-21-15(2)13-16(3)26-23(21)30(24)14-17-9-11-18(12-10-17)19-7-5-6-8-20(19)22-28-25(32)33-29-22/h5-13H,4,14H2,1-3H3,(H,28,29,32). The lowest BCUT2D eigenvalue weighted by atomic mass is 9.98. The van der Waals surface area contributed by atoms with Crippen molar-refractivity contribution >= 4 is 34.9 Å². The Morgan fingerprint density at radius 3 is 2.45 bits per heavy atom. The molecule has 5 aromatic rings. The summed E-state index contributed by atoms with van der Waals surface area (Å²) in [4.78, 5) is 13.9. The molecule has 0 spiro atoms. The summed E-state index contributed by atoms with van der Waals surface area (Å²) >= 11 is 6.56. The molecule has 0 unspecified atom stereocenters. The predicted molar refractivity (Wildman–Crippen MR) is 135 cm³/mol. The fourth-order valence-corrected chi connectivity index (χ4v) is 4.72. The van der Waals surface area contributed by atoms with Crippen molar-refractivity contribution in [2.75, 3.05) is 6.61 Å². The first-order valence-corrected chi connectivity index (χ1v) is 12.0. The quantitative estimate of drug-likeness (QED) is 0.291. The van der Waals surface area contributed by atoms with E-state index in [2.05, 4.69) is 63.3 Å². The molecule has 0 saturated heterocycles. The van der Waals surface area contributed by atoms with E-state index in [0.29, 0.717) is 23.1 Å². The Morgan fingerprint density at radius 1 is 1.00 bits per heavy atom. The lowest BCUT2D eigenvalue weighted by molar-refractivity contribution is 0.301. The molecule has 0 aliphatic heterocycles. The lowest BCUT2D eigenvalue weighted by Crippen LogP contribution is -2.06. The largest absolute Gasteiger partial charge is 0.465 e. The number of nitrogens with zero attached hydrogens (tertiary/aromatic N) is 4. The zero-order chi connectivity index (χ0) is 22.9. The van der Waals surface area contributed by atoms with Gasteiger partial charge in [-0.2, -0.15) is 4.98 Å². The van der Waals surface area contributed by atoms with E-state index in [0.717, 1.165) is 50.5 Å². The topological polar surface area (TPSA) is 68.6 Å². The van der Waals surface area contributed by atoms with E-state index in [1.165, 1.54) is 11.5 Å². The van der Waals surface area contributed by atoms with Crippen LogP contribution in [-0.2, 0) is 6.54 Å². The molecule has 3 heterocycles. The van der Waals surface area contributed by atoms with E-state index >= 15 is 0 Å². The molecule has 33 heavy (non-hydrogen) atoms. The number of H-pyrrole nitrogens is 1. The molecule has 8 heteroatoms. The number of aryl methyl sites for hydroxylation is 2. The van der Waals surface area contributed by atoms with Gasteiger partial charge in [0.15, 0.2) is 9.60 Å². The molecule has 0 amide bonds. The Bertz CT molecular complexity index is 1500. The second-order valence-corrected chi connectivity index (χ2v) is 9.28. The molecule has 166 valence electrons. The van der Waals surface area contributed by atoms with E-state index in [1.807, 2.05) is 26.0 Å². The summed E-state index contributed by atoms with van der Waals surface area (Å²) in [7, 11) is 0. The van der Waals surface area contributed by atoms with Gasteiger partial charge in [0.2, 0.25) is 0 Å². The van der Waals surface area contributed by atoms with Crippen LogP contribution in [0, 0.1) is 17.8 Å². The number of hydrogen-bond acceptors (Lipinski definition) is 6. The van der Waals surface area contributed by atoms with E-state index in [-0.39, 0.29) is 0 Å². The molecule has 2 aromatic carbocycles. The number of pyridine rings is 1. The van der Waals surface area contributed by atoms with Crippen LogP contribution < -0.4 is 4.74 Å². The van der Waals surface area contributed by atoms with Crippen LogP contribution in [0.2, 0.25) is 0 Å². The molecule has 0 fully saturated rings. The summed E-state index contributed by atoms with van der Waals surface area (Å²) < 4.78 is 11.7. The van der Waals surface area contributed by atoms with Crippen molar-refractivity contribution in [1.29, 1.82) is 0 Å². The van der Waals surface area contributed by atoms with Crippen LogP contribution in [0.5, 0.6) is 6.01 Å². The lowest BCUT2D eigenvalue weighted by Gasteiger charge is -2.11. The number of ether oxygens (including phenoxy) is 1. The fraction of sp³-hybridized carbons (Fsp3) is 0.200. The first-order valence-electron chi connectivity index (χ1n) is 10.7. The van der Waals surface area contributed by atoms with Crippen LogP contribution in [0.1, 0.15) is 23.7 Å². The highest BCUT2D eigenvalue weighted by Crippen LogP contribution is 2.31. The molecule has 5 rings (SSSR count). The smallest absolute Gasteiger partial charge is 0.298 e. The second kappa shape index (κ2) is 8.88. The number of aromatic nitrogens is 5. The van der Waals surface area contributed by atoms with E-state index in [1.54, 1.807) is 0 Å². The first kappa shape index (κ1) is 21.5. The molecular weight excluding hydrogens is 450 g/mol. The maximum absolute atomic E-state index is 5.84. The van der Waals surface area contributed by atoms with Crippen molar-refractivity contribution in [2.45, 2.75) is 27.3 Å². The van der Waals surface area contributed by atoms with Gasteiger partial charge in [-0.15, -0.1) is 0 Å². The van der Waals surface area contributed by atoms with Crippen LogP contribution in [0.3, 0.4) is 0 Å². The van der Waals surface area contributed by atoms with Crippen molar-refractivity contribution in [3.8, 4) is 28.5 Å². The minimum Gasteiger partial charge on any atom is -0.465 e. The summed E-state index contributed by atoms with van der Waals surface area (Å²) in [5.74, 6) is 0.799. The molecule has 0 bridgehead atoms. The number of hydrogen-bond donors (Lipinski definition) is 1. The van der Waals surface area contributed by atoms with Gasteiger partial charge in [0.25, 0.3) is 6.01 Å². The summed E-state index contributed by atoms with van der Waals surface area (Å²) in [6.07, 6.45) is 0. The van der Waals surface area contributed by atoms with Crippen molar-refractivity contribution in [3.63, 3.8) is 0 Å². The SMILES string of the molecule is CCOc1nc2c(C)cc(C)nc2n1Cc1ccc(-c2ccccc2-c2nc(=S)s[nH]2)cc1. The third-order valence-corrected chi connectivity index (χ3v) is 6.39. The number of nitrogens with one attached hydrogen (secondary N) is 1. The highest BCUT2D eigenvalue weighted by molar-refractivity contribution is 7.73. The normalized spacial score (nSPS) is 11.2. The third-order valence-electron chi connectivity index (χ3n) is 5.49. The highest BCUT2D eigenvalue weighted by atomic mass is 32.2. The molecule has 0 atom stereocenters. The Balaban J connectivity index is 1.51. The van der Waals surface area contributed by atoms with Crippen LogP contribution in [0.15, 0.2) is 54.6 Å². The number of fused-ring (bicyclic) bond motifs is 1. The number of rotatable bonds is 6. The molecule has 3 aromatic heterocycles. The molecule has 6 nitrogen and oxygen atoms in total. The summed E-state index contributed by atoms with van der Waals surface area (Å²) in [6, 6.07) is 19.4. The second-order valence-electron chi connectivity index (χ2n) is 7.84. The maximum Gasteiger partial charge on any atom is 0.298 e. The zero-order valence-corrected chi connectivity index (χ0v) is 20.3. The van der Waals surface area contributed by atoms with Gasteiger partial charge < -0.3 is 4.74 Å². The van der Waals surface area contributed by atoms with Crippen LogP contribution in [-0.4, -0.2) is 30.5 Å². The molecule has 0 aliphatic carbocycles. The number of imidazole rings is 1.